The van der Waals surface area contributed by atoms with Crippen molar-refractivity contribution in [3.8, 4) is 22.6 Å². The fourth-order valence-corrected chi connectivity index (χ4v) is 5.94. The van der Waals surface area contributed by atoms with Crippen molar-refractivity contribution in [1.29, 1.82) is 0 Å². The number of unbranched alkanes of at least 4 members (excludes halogenated alkanes) is 1. The van der Waals surface area contributed by atoms with Gasteiger partial charge in [0.05, 0.1) is 18.6 Å². The van der Waals surface area contributed by atoms with E-state index in [1.807, 2.05) is 0 Å². The van der Waals surface area contributed by atoms with Gasteiger partial charge in [0.25, 0.3) is 0 Å². The van der Waals surface area contributed by atoms with Crippen molar-refractivity contribution in [1.82, 2.24) is 0 Å². The van der Waals surface area contributed by atoms with E-state index < -0.39 is 5.41 Å². The summed E-state index contributed by atoms with van der Waals surface area (Å²) in [5, 5.41) is 0. The molecule has 0 saturated heterocycles. The highest BCUT2D eigenvalue weighted by Gasteiger charge is 2.46. The standard InChI is InChI=1S/C32H30Br2O2/c1-3-5-19-36-27-14-8-23(9-15-27)32(22-6-12-26(13-7-22)35-18-4-2)30-20-24(33)10-16-28(30)29-17-11-25(34)21-31(29)32/h6-17,20-21H,3-5,18-19H2,1-2H3. The Morgan fingerprint density at radius 1 is 0.583 bits per heavy atom. The predicted octanol–water partition coefficient (Wildman–Crippen LogP) is 9.54. The average Bonchev–Trinajstić information content (AvgIpc) is 3.17. The minimum absolute atomic E-state index is 0.469. The van der Waals surface area contributed by atoms with Gasteiger partial charge in [-0.05, 0) is 94.8 Å². The molecule has 1 aliphatic carbocycles. The van der Waals surface area contributed by atoms with Crippen molar-refractivity contribution in [3.05, 3.63) is 116 Å². The Balaban J connectivity index is 1.73. The second-order valence-corrected chi connectivity index (χ2v) is 11.1. The highest BCUT2D eigenvalue weighted by Crippen LogP contribution is 2.57. The van der Waals surface area contributed by atoms with Crippen molar-refractivity contribution in [2.75, 3.05) is 13.2 Å². The summed E-state index contributed by atoms with van der Waals surface area (Å²) in [6.45, 7) is 5.77. The van der Waals surface area contributed by atoms with Crippen LogP contribution in [0.4, 0.5) is 0 Å². The molecular weight excluding hydrogens is 576 g/mol. The molecule has 0 radical (unpaired) electrons. The maximum atomic E-state index is 6.00. The third kappa shape index (κ3) is 4.50. The van der Waals surface area contributed by atoms with Crippen molar-refractivity contribution in [2.24, 2.45) is 0 Å². The van der Waals surface area contributed by atoms with Crippen LogP contribution in [0, 0.1) is 0 Å². The molecule has 4 aromatic rings. The van der Waals surface area contributed by atoms with Crippen LogP contribution in [0.5, 0.6) is 11.5 Å². The smallest absolute Gasteiger partial charge is 0.119 e. The molecule has 0 heterocycles. The summed E-state index contributed by atoms with van der Waals surface area (Å²) >= 11 is 7.52. The van der Waals surface area contributed by atoms with Crippen LogP contribution in [-0.2, 0) is 5.41 Å². The fourth-order valence-electron chi connectivity index (χ4n) is 5.21. The zero-order chi connectivity index (χ0) is 25.1. The first-order valence-electron chi connectivity index (χ1n) is 12.6. The minimum atomic E-state index is -0.469. The summed E-state index contributed by atoms with van der Waals surface area (Å²) < 4.78 is 14.1. The van der Waals surface area contributed by atoms with Crippen LogP contribution in [0.2, 0.25) is 0 Å². The topological polar surface area (TPSA) is 18.5 Å². The molecule has 184 valence electrons. The zero-order valence-electron chi connectivity index (χ0n) is 20.7. The van der Waals surface area contributed by atoms with Crippen molar-refractivity contribution in [3.63, 3.8) is 0 Å². The lowest BCUT2D eigenvalue weighted by molar-refractivity contribution is 0.309. The van der Waals surface area contributed by atoms with Crippen molar-refractivity contribution < 1.29 is 9.47 Å². The molecule has 2 nitrogen and oxygen atoms in total. The Bertz CT molecular complexity index is 1290. The molecule has 0 N–H and O–H groups in total. The van der Waals surface area contributed by atoms with Crippen LogP contribution in [0.1, 0.15) is 55.4 Å². The van der Waals surface area contributed by atoms with Gasteiger partial charge < -0.3 is 9.47 Å². The molecule has 0 fully saturated rings. The molecule has 0 unspecified atom stereocenters. The maximum Gasteiger partial charge on any atom is 0.119 e. The zero-order valence-corrected chi connectivity index (χ0v) is 23.9. The first kappa shape index (κ1) is 25.1. The molecule has 0 aliphatic heterocycles. The number of hydrogen-bond acceptors (Lipinski definition) is 2. The molecule has 1 aliphatic rings. The summed E-state index contributed by atoms with van der Waals surface area (Å²) in [5.41, 5.74) is 7.01. The normalized spacial score (nSPS) is 13.2. The van der Waals surface area contributed by atoms with Gasteiger partial charge in [0, 0.05) is 8.95 Å². The minimum Gasteiger partial charge on any atom is -0.494 e. The second kappa shape index (κ2) is 10.8. The number of ether oxygens (including phenoxy) is 2. The predicted molar refractivity (Wildman–Crippen MR) is 155 cm³/mol. The molecule has 4 heteroatoms. The first-order chi connectivity index (χ1) is 17.6. The van der Waals surface area contributed by atoms with E-state index in [1.165, 1.54) is 33.4 Å². The SMILES string of the molecule is CCCCOc1ccc(C2(c3ccc(OCCC)cc3)c3cc(Br)ccc3-c3ccc(Br)cc32)cc1. The van der Waals surface area contributed by atoms with Crippen molar-refractivity contribution >= 4 is 31.9 Å². The average molecular weight is 606 g/mol. The number of fused-ring (bicyclic) bond motifs is 3. The van der Waals surface area contributed by atoms with Gasteiger partial charge in [-0.3, -0.25) is 0 Å². The number of benzene rings is 4. The van der Waals surface area contributed by atoms with Crippen LogP contribution in [0.15, 0.2) is 93.9 Å². The molecule has 0 bridgehead atoms. The van der Waals surface area contributed by atoms with E-state index in [4.69, 9.17) is 9.47 Å². The van der Waals surface area contributed by atoms with Crippen molar-refractivity contribution in [2.45, 2.75) is 38.5 Å². The molecule has 0 atom stereocenters. The lowest BCUT2D eigenvalue weighted by Crippen LogP contribution is -2.28. The number of hydrogen-bond donors (Lipinski definition) is 0. The van der Waals surface area contributed by atoms with E-state index in [0.29, 0.717) is 0 Å². The summed E-state index contributed by atoms with van der Waals surface area (Å²) in [5.74, 6) is 1.81. The summed E-state index contributed by atoms with van der Waals surface area (Å²) in [6, 6.07) is 30.6. The third-order valence-corrected chi connectivity index (χ3v) is 7.86. The number of rotatable bonds is 9. The molecule has 4 aromatic carbocycles. The second-order valence-electron chi connectivity index (χ2n) is 9.23. The quantitative estimate of drug-likeness (QED) is 0.156. The van der Waals surface area contributed by atoms with Gasteiger partial charge in [-0.1, -0.05) is 88.5 Å². The molecular formula is C32H30Br2O2. The van der Waals surface area contributed by atoms with Gasteiger partial charge in [0.2, 0.25) is 0 Å². The van der Waals surface area contributed by atoms with Crippen LogP contribution in [0.3, 0.4) is 0 Å². The largest absolute Gasteiger partial charge is 0.494 e. The van der Waals surface area contributed by atoms with Gasteiger partial charge in [-0.2, -0.15) is 0 Å². The molecule has 0 spiro atoms. The summed E-state index contributed by atoms with van der Waals surface area (Å²) in [6.07, 6.45) is 3.17. The highest BCUT2D eigenvalue weighted by atomic mass is 79.9. The van der Waals surface area contributed by atoms with Crippen LogP contribution in [-0.4, -0.2) is 13.2 Å². The lowest BCUT2D eigenvalue weighted by atomic mass is 9.67. The molecule has 0 amide bonds. The molecule has 0 saturated carbocycles. The van der Waals surface area contributed by atoms with Gasteiger partial charge in [0.1, 0.15) is 11.5 Å². The third-order valence-electron chi connectivity index (χ3n) is 6.88. The maximum absolute atomic E-state index is 6.00. The van der Waals surface area contributed by atoms with E-state index in [9.17, 15) is 0 Å². The van der Waals surface area contributed by atoms with Gasteiger partial charge in [-0.25, -0.2) is 0 Å². The van der Waals surface area contributed by atoms with E-state index >= 15 is 0 Å². The summed E-state index contributed by atoms with van der Waals surface area (Å²) in [7, 11) is 0. The highest BCUT2D eigenvalue weighted by molar-refractivity contribution is 9.10. The summed E-state index contributed by atoms with van der Waals surface area (Å²) in [4.78, 5) is 0. The Morgan fingerprint density at radius 2 is 1.06 bits per heavy atom. The van der Waals surface area contributed by atoms with Gasteiger partial charge >= 0.3 is 0 Å². The Labute approximate surface area is 230 Å². The van der Waals surface area contributed by atoms with Gasteiger partial charge in [-0.15, -0.1) is 0 Å². The van der Waals surface area contributed by atoms with E-state index in [-0.39, 0.29) is 0 Å². The van der Waals surface area contributed by atoms with E-state index in [0.717, 1.165) is 52.9 Å². The number of halogens is 2. The van der Waals surface area contributed by atoms with Crippen LogP contribution >= 0.6 is 31.9 Å². The molecule has 0 aromatic heterocycles. The Hall–Kier alpha value is -2.56. The monoisotopic (exact) mass is 604 g/mol. The van der Waals surface area contributed by atoms with E-state index in [1.54, 1.807) is 0 Å². The fraction of sp³-hybridized carbons (Fsp3) is 0.250. The van der Waals surface area contributed by atoms with Crippen LogP contribution in [0.25, 0.3) is 11.1 Å². The first-order valence-corrected chi connectivity index (χ1v) is 14.2. The van der Waals surface area contributed by atoms with Gasteiger partial charge in [0.15, 0.2) is 0 Å². The molecule has 36 heavy (non-hydrogen) atoms. The van der Waals surface area contributed by atoms with Crippen LogP contribution < -0.4 is 9.47 Å². The van der Waals surface area contributed by atoms with E-state index in [2.05, 4.69) is 131 Å². The Morgan fingerprint density at radius 3 is 1.50 bits per heavy atom. The lowest BCUT2D eigenvalue weighted by Gasteiger charge is -2.34. The molecule has 5 rings (SSSR count). The Kier molecular flexibility index (Phi) is 7.55.